The Balaban J connectivity index is 0.900. The number of hydrogen-bond donors (Lipinski definition) is 3. The van der Waals surface area contributed by atoms with Gasteiger partial charge in [-0.25, -0.2) is 4.52 Å². The van der Waals surface area contributed by atoms with Gasteiger partial charge in [0, 0.05) is 41.0 Å². The molecule has 3 fully saturated rings. The lowest BCUT2D eigenvalue weighted by atomic mass is 9.53. The number of nitrogens with two attached hydrogens (primary N) is 1. The number of ether oxygens (including phenoxy) is 3. The van der Waals surface area contributed by atoms with E-state index in [0.717, 1.165) is 80.1 Å². The number of amides is 2. The highest BCUT2D eigenvalue weighted by molar-refractivity contribution is 7.15. The van der Waals surface area contributed by atoms with E-state index in [1.54, 1.807) is 48.2 Å². The number of hydrogen-bond acceptors (Lipinski definition) is 9. The number of aliphatic hydroxyl groups is 1. The summed E-state index contributed by atoms with van der Waals surface area (Å²) in [6.45, 7) is 7.90. The minimum Gasteiger partial charge on any atom is -0.490 e. The summed E-state index contributed by atoms with van der Waals surface area (Å²) >= 11 is 1.76. The third-order valence-electron chi connectivity index (χ3n) is 9.53. The number of pyridine rings is 1. The second kappa shape index (κ2) is 13.1. The molecule has 4 heterocycles. The Labute approximate surface area is 284 Å². The van der Waals surface area contributed by atoms with Gasteiger partial charge in [0.1, 0.15) is 18.1 Å². The molecule has 0 bridgehead atoms. The lowest BCUT2D eigenvalue weighted by Gasteiger charge is -2.57. The Morgan fingerprint density at radius 2 is 1.92 bits per heavy atom. The van der Waals surface area contributed by atoms with Gasteiger partial charge in [0.15, 0.2) is 0 Å². The highest BCUT2D eigenvalue weighted by Crippen LogP contribution is 2.57. The molecule has 1 saturated heterocycles. The molecule has 1 aliphatic heterocycles. The number of rotatable bonds is 12. The van der Waals surface area contributed by atoms with Crippen molar-refractivity contribution in [2.75, 3.05) is 32.9 Å². The van der Waals surface area contributed by atoms with Gasteiger partial charge in [-0.05, 0) is 86.9 Å². The summed E-state index contributed by atoms with van der Waals surface area (Å²) in [4.78, 5) is 30.0. The zero-order valence-corrected chi connectivity index (χ0v) is 28.3. The van der Waals surface area contributed by atoms with Crippen molar-refractivity contribution < 1.29 is 28.9 Å². The highest BCUT2D eigenvalue weighted by atomic mass is 32.1. The minimum atomic E-state index is -0.935. The molecular weight excluding hydrogens is 630 g/mol. The number of thiophene rings is 1. The molecule has 48 heavy (non-hydrogen) atoms. The molecule has 0 atom stereocenters. The van der Waals surface area contributed by atoms with Crippen LogP contribution in [0.5, 0.6) is 11.5 Å². The first-order valence-electron chi connectivity index (χ1n) is 16.6. The van der Waals surface area contributed by atoms with Gasteiger partial charge in [-0.3, -0.25) is 14.5 Å². The molecule has 4 N–H and O–H groups in total. The van der Waals surface area contributed by atoms with E-state index in [9.17, 15) is 14.7 Å². The van der Waals surface area contributed by atoms with Gasteiger partial charge in [-0.15, -0.1) is 11.3 Å². The average Bonchev–Trinajstić information content (AvgIpc) is 3.64. The highest BCUT2D eigenvalue weighted by Gasteiger charge is 2.54. The molecule has 4 aromatic rings. The van der Waals surface area contributed by atoms with Crippen LogP contribution in [0.3, 0.4) is 0 Å². The average molecular weight is 674 g/mol. The molecule has 7 rings (SSSR count). The number of nitrogens with one attached hydrogen (secondary N) is 1. The topological polar surface area (TPSA) is 141 Å². The Morgan fingerprint density at radius 3 is 2.67 bits per heavy atom. The summed E-state index contributed by atoms with van der Waals surface area (Å²) in [7, 11) is 0. The van der Waals surface area contributed by atoms with Gasteiger partial charge < -0.3 is 30.4 Å². The maximum Gasteiger partial charge on any atom is 0.252 e. The maximum absolute atomic E-state index is 12.9. The van der Waals surface area contributed by atoms with Gasteiger partial charge in [0.05, 0.1) is 54.8 Å². The van der Waals surface area contributed by atoms with Crippen LogP contribution >= 0.6 is 11.3 Å². The summed E-state index contributed by atoms with van der Waals surface area (Å²) < 4.78 is 19.2. The van der Waals surface area contributed by atoms with E-state index in [1.165, 1.54) is 4.88 Å². The van der Waals surface area contributed by atoms with Crippen molar-refractivity contribution in [1.82, 2.24) is 19.8 Å². The Bertz CT molecular complexity index is 1790. The molecule has 11 nitrogen and oxygen atoms in total. The zero-order chi connectivity index (χ0) is 33.5. The van der Waals surface area contributed by atoms with Crippen LogP contribution in [-0.2, 0) is 22.5 Å². The first kappa shape index (κ1) is 32.6. The lowest BCUT2D eigenvalue weighted by molar-refractivity contribution is -0.126. The van der Waals surface area contributed by atoms with Crippen molar-refractivity contribution in [2.45, 2.75) is 70.2 Å². The maximum atomic E-state index is 12.9. The fourth-order valence-corrected chi connectivity index (χ4v) is 8.16. The van der Waals surface area contributed by atoms with Crippen LogP contribution in [0.25, 0.3) is 16.0 Å². The van der Waals surface area contributed by atoms with Gasteiger partial charge in [-0.1, -0.05) is 6.07 Å². The summed E-state index contributed by atoms with van der Waals surface area (Å²) in [5.74, 6) is 0.614. The number of benzene rings is 1. The van der Waals surface area contributed by atoms with Crippen molar-refractivity contribution >= 4 is 28.7 Å². The summed E-state index contributed by atoms with van der Waals surface area (Å²) in [5, 5.41) is 17.5. The van der Waals surface area contributed by atoms with Gasteiger partial charge >= 0.3 is 0 Å². The zero-order valence-electron chi connectivity index (χ0n) is 27.4. The molecule has 2 amide bonds. The number of aromatic nitrogens is 2. The number of primary amides is 1. The lowest BCUT2D eigenvalue weighted by Crippen LogP contribution is -2.59. The molecule has 1 aromatic carbocycles. The van der Waals surface area contributed by atoms with E-state index in [0.29, 0.717) is 17.1 Å². The summed E-state index contributed by atoms with van der Waals surface area (Å²) in [5.41, 5.74) is 8.05. The third kappa shape index (κ3) is 7.36. The molecule has 2 saturated carbocycles. The number of fused-ring (bicyclic) bond motifs is 1. The first-order valence-corrected chi connectivity index (χ1v) is 17.4. The van der Waals surface area contributed by atoms with Crippen LogP contribution in [-0.4, -0.2) is 82.1 Å². The van der Waals surface area contributed by atoms with Crippen molar-refractivity contribution in [1.29, 1.82) is 0 Å². The summed E-state index contributed by atoms with van der Waals surface area (Å²) in [6.07, 6.45) is 7.31. The number of nitrogens with zero attached hydrogens (tertiary/aromatic N) is 3. The molecule has 3 aromatic heterocycles. The van der Waals surface area contributed by atoms with Crippen LogP contribution < -0.4 is 20.5 Å². The fourth-order valence-electron chi connectivity index (χ4n) is 7.12. The van der Waals surface area contributed by atoms with Gasteiger partial charge in [0.2, 0.25) is 5.91 Å². The van der Waals surface area contributed by atoms with Crippen molar-refractivity contribution in [3.63, 3.8) is 0 Å². The van der Waals surface area contributed by atoms with Crippen molar-refractivity contribution in [2.24, 2.45) is 11.1 Å². The molecule has 1 spiro atoms. The monoisotopic (exact) mass is 673 g/mol. The van der Waals surface area contributed by atoms with Crippen molar-refractivity contribution in [3.8, 4) is 21.9 Å². The normalized spacial score (nSPS) is 22.6. The molecule has 3 aliphatic rings. The van der Waals surface area contributed by atoms with E-state index in [4.69, 9.17) is 19.9 Å². The van der Waals surface area contributed by atoms with E-state index in [2.05, 4.69) is 27.4 Å². The molecule has 12 heteroatoms. The second-order valence-electron chi connectivity index (χ2n) is 14.2. The number of carbonyl (C=O) groups is 2. The van der Waals surface area contributed by atoms with Crippen LogP contribution in [0.1, 0.15) is 60.3 Å². The third-order valence-corrected chi connectivity index (χ3v) is 10.6. The number of carbonyl (C=O) groups excluding carboxylic acids is 2. The number of morpholine rings is 1. The summed E-state index contributed by atoms with van der Waals surface area (Å²) in [6, 6.07) is 13.8. The molecule has 0 unspecified atom stereocenters. The second-order valence-corrected chi connectivity index (χ2v) is 15.4. The SMILES string of the molecule is CC(C)(O)COc1ccc2c(CC(=O)NC3CC4(C3)CC(Oc3cc(-c5ccc(CN6CCOCC6)s5)ccc3C(N)=O)C4)cnn2c1. The van der Waals surface area contributed by atoms with Crippen molar-refractivity contribution in [3.05, 3.63) is 70.9 Å². The minimum absolute atomic E-state index is 0.00585. The smallest absolute Gasteiger partial charge is 0.252 e. The molecule has 254 valence electrons. The molecule has 0 radical (unpaired) electrons. The van der Waals surface area contributed by atoms with Crippen LogP contribution in [0.2, 0.25) is 0 Å². The van der Waals surface area contributed by atoms with E-state index >= 15 is 0 Å². The first-order chi connectivity index (χ1) is 23.0. The predicted molar refractivity (Wildman–Crippen MR) is 182 cm³/mol. The van der Waals surface area contributed by atoms with Gasteiger partial charge in [0.25, 0.3) is 5.91 Å². The largest absolute Gasteiger partial charge is 0.490 e. The predicted octanol–water partition coefficient (Wildman–Crippen LogP) is 4.19. The Morgan fingerprint density at radius 1 is 1.12 bits per heavy atom. The van der Waals surface area contributed by atoms with Crippen LogP contribution in [0.15, 0.2) is 54.9 Å². The molecule has 2 aliphatic carbocycles. The van der Waals surface area contributed by atoms with Crippen LogP contribution in [0, 0.1) is 5.41 Å². The van der Waals surface area contributed by atoms with E-state index in [1.807, 2.05) is 24.3 Å². The Hall–Kier alpha value is -3.97. The van der Waals surface area contributed by atoms with E-state index in [-0.39, 0.29) is 36.5 Å². The molecular formula is C36H43N5O6S. The quantitative estimate of drug-likeness (QED) is 0.203. The Kier molecular flexibility index (Phi) is 8.92. The van der Waals surface area contributed by atoms with Gasteiger partial charge in [-0.2, -0.15) is 5.10 Å². The fraction of sp³-hybridized carbons (Fsp3) is 0.472. The standard InChI is InChI=1S/C36H43N5O6S/c1-35(2,44)22-46-26-4-7-30-24(19-38-41(30)20-26)14-33(42)39-25-15-36(16-25)17-27(18-36)47-31-13-23(3-6-29(31)34(37)43)32-8-5-28(48-32)21-40-9-11-45-12-10-40/h3-8,13,19-20,25,27,44H,9-12,14-18,21-22H2,1-2H3,(H2,37,43)(H,39,42). The van der Waals surface area contributed by atoms with Crippen LogP contribution in [0.4, 0.5) is 0 Å². The van der Waals surface area contributed by atoms with E-state index < -0.39 is 11.5 Å².